The third kappa shape index (κ3) is 2.75. The number of thiophene rings is 1. The molecule has 3 aromatic rings. The molecule has 4 heterocycles. The lowest BCUT2D eigenvalue weighted by Gasteiger charge is -2.32. The number of carbonyl (C=O) groups is 2. The molecule has 1 aromatic carbocycles. The molecular weight excluding hydrogens is 358 g/mol. The van der Waals surface area contributed by atoms with Crippen molar-refractivity contribution in [2.75, 3.05) is 13.1 Å². The number of benzene rings is 1. The van der Waals surface area contributed by atoms with Crippen molar-refractivity contribution in [3.8, 4) is 0 Å². The van der Waals surface area contributed by atoms with Crippen LogP contribution in [0.1, 0.15) is 33.8 Å². The average Bonchev–Trinajstić information content (AvgIpc) is 3.45. The number of hydrogen-bond acceptors (Lipinski definition) is 3. The Morgan fingerprint density at radius 2 is 2.00 bits per heavy atom. The van der Waals surface area contributed by atoms with Crippen LogP contribution in [0.4, 0.5) is 0 Å². The SMILES string of the molecule is O=C([C@@H]1CCCN1C(=O)c1cccs1)N1CCc2[nH]c3ccccc3c2C1. The van der Waals surface area contributed by atoms with E-state index in [4.69, 9.17) is 0 Å². The summed E-state index contributed by atoms with van der Waals surface area (Å²) in [5.41, 5.74) is 3.59. The zero-order chi connectivity index (χ0) is 18.4. The highest BCUT2D eigenvalue weighted by Gasteiger charge is 2.38. The van der Waals surface area contributed by atoms with E-state index in [2.05, 4.69) is 17.1 Å². The Morgan fingerprint density at radius 3 is 2.85 bits per heavy atom. The molecule has 0 spiro atoms. The minimum atomic E-state index is -0.327. The van der Waals surface area contributed by atoms with Crippen molar-refractivity contribution in [3.63, 3.8) is 0 Å². The Balaban J connectivity index is 1.39. The van der Waals surface area contributed by atoms with Crippen molar-refractivity contribution >= 4 is 34.1 Å². The second-order valence-corrected chi connectivity index (χ2v) is 8.22. The molecule has 0 unspecified atom stereocenters. The highest BCUT2D eigenvalue weighted by Crippen LogP contribution is 2.30. The number of aromatic amines is 1. The number of nitrogens with zero attached hydrogens (tertiary/aromatic N) is 2. The first-order valence-electron chi connectivity index (χ1n) is 9.44. The number of aromatic nitrogens is 1. The number of fused-ring (bicyclic) bond motifs is 3. The molecule has 138 valence electrons. The summed E-state index contributed by atoms with van der Waals surface area (Å²) in [6.45, 7) is 1.99. The second kappa shape index (κ2) is 6.53. The fraction of sp³-hybridized carbons (Fsp3) is 0.333. The van der Waals surface area contributed by atoms with Crippen LogP contribution >= 0.6 is 11.3 Å². The molecule has 5 rings (SSSR count). The molecule has 2 aromatic heterocycles. The number of nitrogens with one attached hydrogen (secondary N) is 1. The fourth-order valence-corrected chi connectivity index (χ4v) is 5.05. The standard InChI is InChI=1S/C21H21N3O2S/c25-20(18-7-3-10-24(18)21(26)19-8-4-12-27-19)23-11-9-17-15(13-23)14-5-1-2-6-16(14)22-17/h1-2,4-6,8,12,18,22H,3,7,9-11,13H2/t18-/m0/s1. The van der Waals surface area contributed by atoms with E-state index in [1.165, 1.54) is 28.0 Å². The summed E-state index contributed by atoms with van der Waals surface area (Å²) < 4.78 is 0. The Bertz CT molecular complexity index is 1010. The molecule has 1 fully saturated rings. The molecule has 0 radical (unpaired) electrons. The molecule has 5 nitrogen and oxygen atoms in total. The first-order valence-corrected chi connectivity index (χ1v) is 10.3. The van der Waals surface area contributed by atoms with Gasteiger partial charge in [-0.15, -0.1) is 11.3 Å². The molecule has 1 atom stereocenters. The number of hydrogen-bond donors (Lipinski definition) is 1. The summed E-state index contributed by atoms with van der Waals surface area (Å²) in [6.07, 6.45) is 2.48. The Labute approximate surface area is 161 Å². The highest BCUT2D eigenvalue weighted by atomic mass is 32.1. The van der Waals surface area contributed by atoms with E-state index in [1.807, 2.05) is 34.5 Å². The van der Waals surface area contributed by atoms with Crippen LogP contribution in [0.5, 0.6) is 0 Å². The summed E-state index contributed by atoms with van der Waals surface area (Å²) in [7, 11) is 0. The topological polar surface area (TPSA) is 56.4 Å². The maximum absolute atomic E-state index is 13.3. The van der Waals surface area contributed by atoms with E-state index < -0.39 is 0 Å². The monoisotopic (exact) mass is 379 g/mol. The van der Waals surface area contributed by atoms with Crippen LogP contribution in [0, 0.1) is 0 Å². The van der Waals surface area contributed by atoms with Gasteiger partial charge in [-0.1, -0.05) is 24.3 Å². The molecule has 0 aliphatic carbocycles. The van der Waals surface area contributed by atoms with E-state index in [0.717, 1.165) is 24.8 Å². The van der Waals surface area contributed by atoms with Gasteiger partial charge >= 0.3 is 0 Å². The van der Waals surface area contributed by atoms with Crippen molar-refractivity contribution < 1.29 is 9.59 Å². The van der Waals surface area contributed by atoms with Crippen LogP contribution in [0.25, 0.3) is 10.9 Å². The van der Waals surface area contributed by atoms with Crippen molar-refractivity contribution in [1.82, 2.24) is 14.8 Å². The van der Waals surface area contributed by atoms with Crippen molar-refractivity contribution in [2.45, 2.75) is 31.8 Å². The third-order valence-corrected chi connectivity index (χ3v) is 6.58. The van der Waals surface area contributed by atoms with Crippen LogP contribution < -0.4 is 0 Å². The van der Waals surface area contributed by atoms with Crippen LogP contribution in [0.2, 0.25) is 0 Å². The summed E-state index contributed by atoms with van der Waals surface area (Å²) >= 11 is 1.44. The molecule has 2 amide bonds. The van der Waals surface area contributed by atoms with Crippen LogP contribution in [-0.4, -0.2) is 45.7 Å². The van der Waals surface area contributed by atoms with Crippen molar-refractivity contribution in [3.05, 3.63) is 57.9 Å². The lowest BCUT2D eigenvalue weighted by molar-refractivity contribution is -0.136. The van der Waals surface area contributed by atoms with E-state index in [9.17, 15) is 9.59 Å². The highest BCUT2D eigenvalue weighted by molar-refractivity contribution is 7.12. The van der Waals surface area contributed by atoms with Gasteiger partial charge in [0, 0.05) is 48.2 Å². The summed E-state index contributed by atoms with van der Waals surface area (Å²) in [6, 6.07) is 11.7. The minimum absolute atomic E-state index is 0.00866. The van der Waals surface area contributed by atoms with Gasteiger partial charge in [-0.05, 0) is 30.4 Å². The summed E-state index contributed by atoms with van der Waals surface area (Å²) in [5.74, 6) is 0.0824. The predicted octanol–water partition coefficient (Wildman–Crippen LogP) is 3.42. The molecule has 27 heavy (non-hydrogen) atoms. The molecule has 0 bridgehead atoms. The summed E-state index contributed by atoms with van der Waals surface area (Å²) in [5, 5.41) is 3.10. The number of amides is 2. The molecule has 0 saturated carbocycles. The smallest absolute Gasteiger partial charge is 0.264 e. The van der Waals surface area contributed by atoms with Crippen molar-refractivity contribution in [1.29, 1.82) is 0 Å². The number of para-hydroxylation sites is 1. The van der Waals surface area contributed by atoms with Crippen molar-refractivity contribution in [2.24, 2.45) is 0 Å². The zero-order valence-corrected chi connectivity index (χ0v) is 15.8. The lowest BCUT2D eigenvalue weighted by Crippen LogP contribution is -2.48. The van der Waals surface area contributed by atoms with Crippen LogP contribution in [0.3, 0.4) is 0 Å². The van der Waals surface area contributed by atoms with Gasteiger partial charge < -0.3 is 14.8 Å². The molecule has 2 aliphatic rings. The van der Waals surface area contributed by atoms with E-state index >= 15 is 0 Å². The minimum Gasteiger partial charge on any atom is -0.358 e. The van der Waals surface area contributed by atoms with Crippen LogP contribution in [-0.2, 0) is 17.8 Å². The van der Waals surface area contributed by atoms with Gasteiger partial charge in [0.1, 0.15) is 6.04 Å². The van der Waals surface area contributed by atoms with Gasteiger partial charge in [0.2, 0.25) is 5.91 Å². The second-order valence-electron chi connectivity index (χ2n) is 7.27. The lowest BCUT2D eigenvalue weighted by atomic mass is 10.0. The maximum Gasteiger partial charge on any atom is 0.264 e. The van der Waals surface area contributed by atoms with Gasteiger partial charge in [-0.2, -0.15) is 0 Å². The van der Waals surface area contributed by atoms with Gasteiger partial charge in [0.25, 0.3) is 5.91 Å². The van der Waals surface area contributed by atoms with E-state index in [-0.39, 0.29) is 17.9 Å². The van der Waals surface area contributed by atoms with Gasteiger partial charge in [-0.3, -0.25) is 9.59 Å². The Hall–Kier alpha value is -2.60. The van der Waals surface area contributed by atoms with Gasteiger partial charge in [0.05, 0.1) is 4.88 Å². The third-order valence-electron chi connectivity index (χ3n) is 5.73. The van der Waals surface area contributed by atoms with E-state index in [1.54, 1.807) is 4.90 Å². The number of likely N-dealkylation sites (tertiary alicyclic amines) is 1. The molecule has 2 aliphatic heterocycles. The molecule has 6 heteroatoms. The normalized spacial score (nSPS) is 19.5. The Kier molecular flexibility index (Phi) is 4.01. The quantitative estimate of drug-likeness (QED) is 0.742. The average molecular weight is 379 g/mol. The molecule has 1 saturated heterocycles. The maximum atomic E-state index is 13.3. The zero-order valence-electron chi connectivity index (χ0n) is 15.0. The largest absolute Gasteiger partial charge is 0.358 e. The number of rotatable bonds is 2. The Morgan fingerprint density at radius 1 is 1.11 bits per heavy atom. The fourth-order valence-electron chi connectivity index (χ4n) is 4.37. The first kappa shape index (κ1) is 16.6. The molecule has 1 N–H and O–H groups in total. The van der Waals surface area contributed by atoms with Gasteiger partial charge in [-0.25, -0.2) is 0 Å². The predicted molar refractivity (Wildman–Crippen MR) is 106 cm³/mol. The molecular formula is C21H21N3O2S. The summed E-state index contributed by atoms with van der Waals surface area (Å²) in [4.78, 5) is 34.0. The van der Waals surface area contributed by atoms with Crippen LogP contribution in [0.15, 0.2) is 41.8 Å². The van der Waals surface area contributed by atoms with Gasteiger partial charge in [0.15, 0.2) is 0 Å². The first-order chi connectivity index (χ1) is 13.2. The number of H-pyrrole nitrogens is 1. The van der Waals surface area contributed by atoms with E-state index in [0.29, 0.717) is 24.5 Å². The number of carbonyl (C=O) groups excluding carboxylic acids is 2.